The Kier molecular flexibility index (Phi) is 1.64. The maximum Gasteiger partial charge on any atom is 0.267 e. The monoisotopic (exact) mass is 214 g/mol. The van der Waals surface area contributed by atoms with Crippen molar-refractivity contribution >= 4 is 17.6 Å². The van der Waals surface area contributed by atoms with E-state index in [1.165, 1.54) is 6.20 Å². The Balaban J connectivity index is 2.15. The molecular weight excluding hydrogens is 208 g/mol. The second-order valence-electron chi connectivity index (χ2n) is 3.32. The lowest BCUT2D eigenvalue weighted by Gasteiger charge is -2.07. The van der Waals surface area contributed by atoms with E-state index in [4.69, 9.17) is 0 Å². The molecule has 0 bridgehead atoms. The highest BCUT2D eigenvalue weighted by Gasteiger charge is 2.37. The number of nitrogens with zero attached hydrogens (tertiary/aromatic N) is 3. The van der Waals surface area contributed by atoms with Crippen LogP contribution >= 0.6 is 0 Å². The molecule has 3 rings (SSSR count). The van der Waals surface area contributed by atoms with Gasteiger partial charge in [-0.3, -0.25) is 14.7 Å². The summed E-state index contributed by atoms with van der Waals surface area (Å²) in [4.78, 5) is 24.9. The van der Waals surface area contributed by atoms with Gasteiger partial charge in [-0.15, -0.1) is 5.10 Å². The lowest BCUT2D eigenvalue weighted by molar-refractivity contribution is 0.0925. The fourth-order valence-electron chi connectivity index (χ4n) is 1.70. The van der Waals surface area contributed by atoms with Crippen molar-refractivity contribution in [3.63, 3.8) is 0 Å². The fourth-order valence-corrected chi connectivity index (χ4v) is 1.70. The number of imide groups is 1. The highest BCUT2D eigenvalue weighted by Crippen LogP contribution is 2.25. The van der Waals surface area contributed by atoms with E-state index in [-0.39, 0.29) is 17.6 Å². The first kappa shape index (κ1) is 8.78. The number of anilines is 1. The second kappa shape index (κ2) is 2.99. The molecule has 0 radical (unpaired) electrons. The van der Waals surface area contributed by atoms with Crippen LogP contribution in [0.25, 0.3) is 0 Å². The molecule has 6 heteroatoms. The first-order chi connectivity index (χ1) is 7.79. The summed E-state index contributed by atoms with van der Waals surface area (Å²) in [6.45, 7) is 0. The van der Waals surface area contributed by atoms with Crippen LogP contribution in [0, 0.1) is 0 Å². The van der Waals surface area contributed by atoms with Crippen LogP contribution in [0.5, 0.6) is 0 Å². The molecule has 16 heavy (non-hydrogen) atoms. The lowest BCUT2D eigenvalue weighted by Crippen LogP contribution is -2.29. The predicted octanol–water partition coefficient (Wildman–Crippen LogP) is 0.605. The molecule has 2 aromatic rings. The average Bonchev–Trinajstić information content (AvgIpc) is 2.89. The predicted molar refractivity (Wildman–Crippen MR) is 54.0 cm³/mol. The fraction of sp³-hybridized carbons (Fsp3) is 0. The number of hydrogen-bond acceptors (Lipinski definition) is 4. The summed E-state index contributed by atoms with van der Waals surface area (Å²) < 4.78 is 0. The SMILES string of the molecule is O=C1c2ccccc2C(=O)N1c1c[nH]nn1. The van der Waals surface area contributed by atoms with Crippen molar-refractivity contribution in [2.24, 2.45) is 0 Å². The molecule has 78 valence electrons. The van der Waals surface area contributed by atoms with Gasteiger partial charge in [0.25, 0.3) is 11.8 Å². The maximum atomic E-state index is 11.9. The Morgan fingerprint density at radius 2 is 1.69 bits per heavy atom. The Bertz CT molecular complexity index is 541. The molecule has 2 heterocycles. The van der Waals surface area contributed by atoms with Gasteiger partial charge >= 0.3 is 0 Å². The number of amides is 2. The van der Waals surface area contributed by atoms with E-state index in [1.807, 2.05) is 0 Å². The van der Waals surface area contributed by atoms with Gasteiger partial charge in [0.1, 0.15) is 0 Å². The first-order valence-electron chi connectivity index (χ1n) is 4.63. The summed E-state index contributed by atoms with van der Waals surface area (Å²) in [5.74, 6) is -0.518. The number of carbonyl (C=O) groups is 2. The van der Waals surface area contributed by atoms with Gasteiger partial charge in [0.05, 0.1) is 17.3 Å². The molecular formula is C10H6N4O2. The summed E-state index contributed by atoms with van der Waals surface area (Å²) >= 11 is 0. The number of carbonyl (C=O) groups excluding carboxylic acids is 2. The molecule has 1 aromatic heterocycles. The van der Waals surface area contributed by atoms with Crippen molar-refractivity contribution in [1.29, 1.82) is 0 Å². The van der Waals surface area contributed by atoms with Crippen LogP contribution in [0.4, 0.5) is 5.82 Å². The van der Waals surface area contributed by atoms with Crippen LogP contribution in [0.1, 0.15) is 20.7 Å². The van der Waals surface area contributed by atoms with Crippen LogP contribution in [0.3, 0.4) is 0 Å². The van der Waals surface area contributed by atoms with Crippen molar-refractivity contribution in [3.8, 4) is 0 Å². The number of aromatic amines is 1. The minimum atomic E-state index is -0.366. The largest absolute Gasteiger partial charge is 0.268 e. The van der Waals surface area contributed by atoms with Crippen molar-refractivity contribution in [1.82, 2.24) is 15.4 Å². The molecule has 1 aliphatic rings. The average molecular weight is 214 g/mol. The summed E-state index contributed by atoms with van der Waals surface area (Å²) in [6.07, 6.45) is 1.40. The Hall–Kier alpha value is -2.50. The van der Waals surface area contributed by atoms with Crippen molar-refractivity contribution in [2.45, 2.75) is 0 Å². The molecule has 0 aliphatic carbocycles. The van der Waals surface area contributed by atoms with Crippen LogP contribution in [0.15, 0.2) is 30.5 Å². The van der Waals surface area contributed by atoms with Gasteiger partial charge in [-0.2, -0.15) is 0 Å². The van der Waals surface area contributed by atoms with E-state index in [1.54, 1.807) is 24.3 Å². The summed E-state index contributed by atoms with van der Waals surface area (Å²) in [7, 11) is 0. The molecule has 0 atom stereocenters. The van der Waals surface area contributed by atoms with Gasteiger partial charge in [-0.25, -0.2) is 4.90 Å². The lowest BCUT2D eigenvalue weighted by atomic mass is 10.1. The van der Waals surface area contributed by atoms with Crippen LogP contribution in [-0.2, 0) is 0 Å². The molecule has 0 fully saturated rings. The minimum absolute atomic E-state index is 0.214. The normalized spacial score (nSPS) is 14.4. The topological polar surface area (TPSA) is 79.0 Å². The Labute approximate surface area is 89.9 Å². The first-order valence-corrected chi connectivity index (χ1v) is 4.63. The zero-order valence-corrected chi connectivity index (χ0v) is 8.04. The van der Waals surface area contributed by atoms with Crippen molar-refractivity contribution in [3.05, 3.63) is 41.6 Å². The van der Waals surface area contributed by atoms with E-state index >= 15 is 0 Å². The molecule has 0 saturated heterocycles. The highest BCUT2D eigenvalue weighted by molar-refractivity contribution is 6.34. The van der Waals surface area contributed by atoms with Gasteiger partial charge in [-0.05, 0) is 12.1 Å². The molecule has 1 aliphatic heterocycles. The minimum Gasteiger partial charge on any atom is -0.268 e. The van der Waals surface area contributed by atoms with E-state index in [0.717, 1.165) is 4.90 Å². The number of nitrogens with one attached hydrogen (secondary N) is 1. The third-order valence-corrected chi connectivity index (χ3v) is 2.43. The Morgan fingerprint density at radius 3 is 2.19 bits per heavy atom. The van der Waals surface area contributed by atoms with E-state index in [0.29, 0.717) is 11.1 Å². The summed E-state index contributed by atoms with van der Waals surface area (Å²) in [5.41, 5.74) is 0.797. The molecule has 0 spiro atoms. The maximum absolute atomic E-state index is 11.9. The standard InChI is InChI=1S/C10H6N4O2/c15-9-6-3-1-2-4-7(6)10(16)14(9)8-5-11-13-12-8/h1-5H,(H,11,12,13). The number of hydrogen-bond donors (Lipinski definition) is 1. The molecule has 1 aromatic carbocycles. The quantitative estimate of drug-likeness (QED) is 0.705. The van der Waals surface area contributed by atoms with Gasteiger partial charge in [0.15, 0.2) is 5.82 Å². The van der Waals surface area contributed by atoms with Crippen molar-refractivity contribution in [2.75, 3.05) is 4.90 Å². The van der Waals surface area contributed by atoms with Crippen molar-refractivity contribution < 1.29 is 9.59 Å². The van der Waals surface area contributed by atoms with Crippen LogP contribution in [0.2, 0.25) is 0 Å². The van der Waals surface area contributed by atoms with Gasteiger partial charge in [0.2, 0.25) is 0 Å². The third-order valence-electron chi connectivity index (χ3n) is 2.43. The number of H-pyrrole nitrogens is 1. The van der Waals surface area contributed by atoms with Crippen LogP contribution in [-0.4, -0.2) is 27.2 Å². The van der Waals surface area contributed by atoms with Crippen LogP contribution < -0.4 is 4.90 Å². The summed E-state index contributed by atoms with van der Waals surface area (Å²) in [5, 5.41) is 9.61. The van der Waals surface area contributed by atoms with E-state index in [9.17, 15) is 9.59 Å². The van der Waals surface area contributed by atoms with Gasteiger partial charge in [0, 0.05) is 0 Å². The molecule has 1 N–H and O–H groups in total. The van der Waals surface area contributed by atoms with E-state index < -0.39 is 0 Å². The molecule has 0 unspecified atom stereocenters. The molecule has 0 saturated carbocycles. The molecule has 6 nitrogen and oxygen atoms in total. The highest BCUT2D eigenvalue weighted by atomic mass is 16.2. The number of rotatable bonds is 1. The number of benzene rings is 1. The second-order valence-corrected chi connectivity index (χ2v) is 3.32. The molecule has 2 amide bonds. The zero-order chi connectivity index (χ0) is 11.1. The smallest absolute Gasteiger partial charge is 0.267 e. The third kappa shape index (κ3) is 1.01. The van der Waals surface area contributed by atoms with E-state index in [2.05, 4.69) is 15.4 Å². The summed E-state index contributed by atoms with van der Waals surface area (Å²) in [6, 6.07) is 6.68. The van der Waals surface area contributed by atoms with Gasteiger partial charge in [-0.1, -0.05) is 17.3 Å². The Morgan fingerprint density at radius 1 is 1.06 bits per heavy atom. The number of fused-ring (bicyclic) bond motifs is 1. The zero-order valence-electron chi connectivity index (χ0n) is 8.04. The van der Waals surface area contributed by atoms with Gasteiger partial charge < -0.3 is 0 Å². The number of aromatic nitrogens is 3.